The minimum Gasteiger partial charge on any atom is -0.455 e. The zero-order chi connectivity index (χ0) is 40.3. The Balaban J connectivity index is 1.06. The molecule has 0 aliphatic heterocycles. The van der Waals surface area contributed by atoms with E-state index in [0.29, 0.717) is 17.5 Å². The molecule has 0 bridgehead atoms. The van der Waals surface area contributed by atoms with E-state index in [2.05, 4.69) is 188 Å². The summed E-state index contributed by atoms with van der Waals surface area (Å²) in [5.41, 5.74) is 11.3. The van der Waals surface area contributed by atoms with E-state index >= 15 is 0 Å². The summed E-state index contributed by atoms with van der Waals surface area (Å²) in [6.45, 7) is 0. The van der Waals surface area contributed by atoms with E-state index in [0.717, 1.165) is 82.4 Å². The Kier molecular flexibility index (Phi) is 8.13. The van der Waals surface area contributed by atoms with Crippen LogP contribution < -0.4 is 0 Å². The highest BCUT2D eigenvalue weighted by atomic mass is 16.3. The monoisotopic (exact) mass is 777 g/mol. The van der Waals surface area contributed by atoms with Gasteiger partial charge in [-0.1, -0.05) is 176 Å². The van der Waals surface area contributed by atoms with Crippen molar-refractivity contribution in [1.82, 2.24) is 15.0 Å². The van der Waals surface area contributed by atoms with Crippen LogP contribution in [0.15, 0.2) is 217 Å². The van der Waals surface area contributed by atoms with Crippen molar-refractivity contribution in [2.45, 2.75) is 0 Å². The van der Waals surface area contributed by atoms with Gasteiger partial charge < -0.3 is 4.42 Å². The van der Waals surface area contributed by atoms with E-state index in [1.165, 1.54) is 21.9 Å². The van der Waals surface area contributed by atoms with Crippen LogP contribution in [-0.2, 0) is 0 Å². The molecule has 0 saturated heterocycles. The fourth-order valence-electron chi connectivity index (χ4n) is 8.91. The van der Waals surface area contributed by atoms with Gasteiger partial charge in [0.25, 0.3) is 0 Å². The lowest BCUT2D eigenvalue weighted by Gasteiger charge is -2.14. The van der Waals surface area contributed by atoms with Crippen LogP contribution in [0.2, 0.25) is 0 Å². The van der Waals surface area contributed by atoms with Gasteiger partial charge in [0.05, 0.1) is 5.56 Å². The lowest BCUT2D eigenvalue weighted by Crippen LogP contribution is -2.01. The topological polar surface area (TPSA) is 51.8 Å². The number of para-hydroxylation sites is 2. The fraction of sp³-hybridized carbons (Fsp3) is 0. The van der Waals surface area contributed by atoms with Crippen molar-refractivity contribution in [2.75, 3.05) is 0 Å². The normalized spacial score (nSPS) is 11.6. The number of aromatic nitrogens is 3. The van der Waals surface area contributed by atoms with Crippen molar-refractivity contribution >= 4 is 54.3 Å². The summed E-state index contributed by atoms with van der Waals surface area (Å²) in [5, 5.41) is 8.86. The quantitative estimate of drug-likeness (QED) is 0.169. The summed E-state index contributed by atoms with van der Waals surface area (Å²) in [5.74, 6) is 1.75. The minimum atomic E-state index is 0.554. The first kappa shape index (κ1) is 34.8. The summed E-state index contributed by atoms with van der Waals surface area (Å²) in [6.07, 6.45) is 0. The van der Waals surface area contributed by atoms with Gasteiger partial charge in [-0.3, -0.25) is 0 Å². The molecule has 0 amide bonds. The summed E-state index contributed by atoms with van der Waals surface area (Å²) >= 11 is 0. The lowest BCUT2D eigenvalue weighted by molar-refractivity contribution is 0.669. The molecule has 2 heterocycles. The second-order valence-corrected chi connectivity index (χ2v) is 15.5. The van der Waals surface area contributed by atoms with Gasteiger partial charge in [-0.05, 0) is 102 Å². The summed E-state index contributed by atoms with van der Waals surface area (Å²) < 4.78 is 6.56. The molecule has 12 aromatic rings. The molecule has 0 N–H and O–H groups in total. The third-order valence-electron chi connectivity index (χ3n) is 11.9. The third kappa shape index (κ3) is 6.04. The zero-order valence-corrected chi connectivity index (χ0v) is 33.0. The molecular formula is C57H35N3O. The first-order valence-electron chi connectivity index (χ1n) is 20.6. The maximum atomic E-state index is 6.56. The summed E-state index contributed by atoms with van der Waals surface area (Å²) in [4.78, 5) is 16.0. The molecule has 4 heteroatoms. The second-order valence-electron chi connectivity index (χ2n) is 15.5. The Morgan fingerprint density at radius 2 is 0.770 bits per heavy atom. The molecule has 0 aliphatic carbocycles. The second kappa shape index (κ2) is 14.3. The Morgan fingerprint density at radius 1 is 0.262 bits per heavy atom. The van der Waals surface area contributed by atoms with Gasteiger partial charge in [-0.15, -0.1) is 0 Å². The number of furan rings is 1. The highest BCUT2D eigenvalue weighted by Crippen LogP contribution is 2.40. The van der Waals surface area contributed by atoms with Crippen LogP contribution >= 0.6 is 0 Å². The van der Waals surface area contributed by atoms with Crippen LogP contribution in [0.25, 0.3) is 122 Å². The number of rotatable bonds is 6. The molecule has 2 aromatic heterocycles. The molecular weight excluding hydrogens is 743 g/mol. The Labute approximate surface area is 352 Å². The minimum absolute atomic E-state index is 0.554. The fourth-order valence-corrected chi connectivity index (χ4v) is 8.91. The molecule has 4 nitrogen and oxygen atoms in total. The van der Waals surface area contributed by atoms with E-state index in [1.807, 2.05) is 24.3 Å². The first-order chi connectivity index (χ1) is 30.2. The molecule has 0 atom stereocenters. The summed E-state index contributed by atoms with van der Waals surface area (Å²) in [7, 11) is 0. The number of hydrogen-bond acceptors (Lipinski definition) is 4. The van der Waals surface area contributed by atoms with Gasteiger partial charge in [0.1, 0.15) is 11.2 Å². The van der Waals surface area contributed by atoms with Gasteiger partial charge in [0.15, 0.2) is 17.5 Å². The van der Waals surface area contributed by atoms with E-state index in [1.54, 1.807) is 0 Å². The van der Waals surface area contributed by atoms with Crippen LogP contribution in [0, 0.1) is 0 Å². The summed E-state index contributed by atoms with van der Waals surface area (Å²) in [6, 6.07) is 74.8. The van der Waals surface area contributed by atoms with E-state index in [9.17, 15) is 0 Å². The molecule has 284 valence electrons. The lowest BCUT2D eigenvalue weighted by atomic mass is 9.94. The van der Waals surface area contributed by atoms with Gasteiger partial charge in [0, 0.05) is 21.9 Å². The molecule has 61 heavy (non-hydrogen) atoms. The Hall–Kier alpha value is -8.21. The van der Waals surface area contributed by atoms with E-state index < -0.39 is 0 Å². The average molecular weight is 778 g/mol. The van der Waals surface area contributed by atoms with Crippen molar-refractivity contribution < 1.29 is 4.42 Å². The molecule has 12 rings (SSSR count). The number of fused-ring (bicyclic) bond motifs is 6. The highest BCUT2D eigenvalue weighted by molar-refractivity contribution is 6.10. The first-order valence-corrected chi connectivity index (χ1v) is 20.6. The number of nitrogens with zero attached hydrogens (tertiary/aromatic N) is 3. The van der Waals surface area contributed by atoms with Gasteiger partial charge in [-0.2, -0.15) is 0 Å². The van der Waals surface area contributed by atoms with Crippen molar-refractivity contribution in [3.05, 3.63) is 212 Å². The molecule has 0 saturated carbocycles. The molecule has 0 fully saturated rings. The maximum absolute atomic E-state index is 6.56. The van der Waals surface area contributed by atoms with Gasteiger partial charge in [-0.25, -0.2) is 15.0 Å². The number of hydrogen-bond donors (Lipinski definition) is 0. The van der Waals surface area contributed by atoms with Crippen LogP contribution in [0.3, 0.4) is 0 Å². The zero-order valence-electron chi connectivity index (χ0n) is 33.0. The Morgan fingerprint density at radius 3 is 1.51 bits per heavy atom. The predicted molar refractivity (Wildman–Crippen MR) is 252 cm³/mol. The average Bonchev–Trinajstić information content (AvgIpc) is 3.72. The van der Waals surface area contributed by atoms with Crippen LogP contribution in [0.4, 0.5) is 0 Å². The van der Waals surface area contributed by atoms with Gasteiger partial charge in [0.2, 0.25) is 0 Å². The van der Waals surface area contributed by atoms with Crippen molar-refractivity contribution in [3.8, 4) is 67.5 Å². The Bertz CT molecular complexity index is 3650. The molecule has 0 unspecified atom stereocenters. The third-order valence-corrected chi connectivity index (χ3v) is 11.9. The highest BCUT2D eigenvalue weighted by Gasteiger charge is 2.20. The molecule has 0 aliphatic rings. The smallest absolute Gasteiger partial charge is 0.167 e. The standard InChI is InChI=1S/C57H35N3O/c1-3-13-36(14-4-1)40-28-25-37-26-29-41(34-43(37)33-40)42-30-27-39-17-11-22-49(52(39)35-42)55-58-56(50-32-31-44(38-15-5-2-6-16-38)45-18-7-8-19-46(45)50)60-57(59-55)51-23-12-21-48-47-20-9-10-24-53(47)61-54(48)51/h1-35H. The van der Waals surface area contributed by atoms with Crippen molar-refractivity contribution in [2.24, 2.45) is 0 Å². The van der Waals surface area contributed by atoms with Crippen molar-refractivity contribution in [1.29, 1.82) is 0 Å². The maximum Gasteiger partial charge on any atom is 0.167 e. The SMILES string of the molecule is c1ccc(-c2ccc3ccc(-c4ccc5cccc(-c6nc(-c7ccc(-c8ccccc8)c8ccccc78)nc(-c7cccc8c7oc7ccccc78)n6)c5c4)cc3c2)cc1. The molecule has 0 spiro atoms. The van der Waals surface area contributed by atoms with E-state index in [-0.39, 0.29) is 0 Å². The van der Waals surface area contributed by atoms with Crippen LogP contribution in [0.1, 0.15) is 0 Å². The largest absolute Gasteiger partial charge is 0.455 e. The number of benzene rings is 10. The van der Waals surface area contributed by atoms with Gasteiger partial charge >= 0.3 is 0 Å². The van der Waals surface area contributed by atoms with E-state index in [4.69, 9.17) is 19.4 Å². The predicted octanol–water partition coefficient (Wildman–Crippen LogP) is 15.2. The van der Waals surface area contributed by atoms with Crippen molar-refractivity contribution in [3.63, 3.8) is 0 Å². The van der Waals surface area contributed by atoms with Crippen LogP contribution in [0.5, 0.6) is 0 Å². The van der Waals surface area contributed by atoms with Crippen LogP contribution in [-0.4, -0.2) is 15.0 Å². The molecule has 10 aromatic carbocycles. The molecule has 0 radical (unpaired) electrons.